The van der Waals surface area contributed by atoms with E-state index in [1.54, 1.807) is 0 Å². The van der Waals surface area contributed by atoms with Crippen molar-refractivity contribution in [1.29, 1.82) is 0 Å². The summed E-state index contributed by atoms with van der Waals surface area (Å²) in [5.41, 5.74) is 4.71. The number of hydrogen-bond donors (Lipinski definition) is 0. The van der Waals surface area contributed by atoms with Crippen LogP contribution in [0.25, 0.3) is 0 Å². The van der Waals surface area contributed by atoms with E-state index in [4.69, 9.17) is 18.9 Å². The van der Waals surface area contributed by atoms with Crippen molar-refractivity contribution in [2.75, 3.05) is 93.9 Å². The molecule has 18 heterocycles. The first-order valence-corrected chi connectivity index (χ1v) is 52.5. The van der Waals surface area contributed by atoms with E-state index < -0.39 is 0 Å². The van der Waals surface area contributed by atoms with Gasteiger partial charge in [-0.25, -0.2) is 0 Å². The Morgan fingerprint density at radius 2 is 0.669 bits per heavy atom. The quantitative estimate of drug-likeness (QED) is 0.233. The fourth-order valence-electron chi connectivity index (χ4n) is 30.1. The highest BCUT2D eigenvalue weighted by Crippen LogP contribution is 2.55. The van der Waals surface area contributed by atoms with Crippen molar-refractivity contribution in [2.45, 2.75) is 483 Å². The largest absolute Gasteiger partial charge is 0.381 e. The van der Waals surface area contributed by atoms with Crippen molar-refractivity contribution in [1.82, 2.24) is 34.3 Å². The predicted octanol–water partition coefficient (Wildman–Crippen LogP) is 25.5. The summed E-state index contributed by atoms with van der Waals surface area (Å²) in [6.45, 7) is 83.2. The Bertz CT molecular complexity index is 2950. The highest BCUT2D eigenvalue weighted by atomic mass is 16.5. The molecule has 0 spiro atoms. The van der Waals surface area contributed by atoms with Crippen LogP contribution in [0, 0.1) is 127 Å². The summed E-state index contributed by atoms with van der Waals surface area (Å²) in [6, 6.07) is 6.83. The van der Waals surface area contributed by atoms with Crippen LogP contribution in [-0.4, -0.2) is 218 Å². The van der Waals surface area contributed by atoms with Crippen LogP contribution in [-0.2, 0) is 18.9 Å². The smallest absolute Gasteiger partial charge is 0.0622 e. The Balaban J connectivity index is 0.000000131. The Labute approximate surface area is 752 Å². The number of morpholine rings is 1. The van der Waals surface area contributed by atoms with E-state index in [9.17, 15) is 0 Å². The second-order valence-electron chi connectivity index (χ2n) is 56.0. The highest BCUT2D eigenvalue weighted by molar-refractivity contribution is 5.05. The Morgan fingerprint density at radius 3 is 1.00 bits per heavy atom. The molecule has 0 aromatic rings. The van der Waals surface area contributed by atoms with Crippen molar-refractivity contribution < 1.29 is 18.9 Å². The maximum atomic E-state index is 5.82. The van der Waals surface area contributed by atoms with Gasteiger partial charge in [-0.15, -0.1) is 0 Å². The third kappa shape index (κ3) is 26.5. The van der Waals surface area contributed by atoms with Gasteiger partial charge in [-0.2, -0.15) is 0 Å². The molecule has 11 nitrogen and oxygen atoms in total. The first-order chi connectivity index (χ1) is 55.9. The van der Waals surface area contributed by atoms with Crippen molar-refractivity contribution in [3.8, 4) is 0 Å². The summed E-state index contributed by atoms with van der Waals surface area (Å²) >= 11 is 0. The molecule has 706 valence electrons. The number of nitrogens with zero attached hydrogens (tertiary/aromatic N) is 7. The maximum absolute atomic E-state index is 5.82. The summed E-state index contributed by atoms with van der Waals surface area (Å²) in [7, 11) is 9.22. The summed E-state index contributed by atoms with van der Waals surface area (Å²) in [6.07, 6.45) is 43.5. The fourth-order valence-corrected chi connectivity index (χ4v) is 30.1. The zero-order valence-electron chi connectivity index (χ0n) is 86.9. The number of fused-ring (bicyclic) bond motifs is 22. The van der Waals surface area contributed by atoms with E-state index in [0.29, 0.717) is 91.0 Å². The van der Waals surface area contributed by atoms with Gasteiger partial charge in [0.1, 0.15) is 0 Å². The van der Waals surface area contributed by atoms with Gasteiger partial charge in [-0.3, -0.25) is 14.7 Å². The minimum absolute atomic E-state index is 0.329. The average Bonchev–Trinajstić information content (AvgIpc) is 1.74. The van der Waals surface area contributed by atoms with Gasteiger partial charge in [0, 0.05) is 117 Å². The van der Waals surface area contributed by atoms with E-state index in [0.717, 1.165) is 151 Å². The predicted molar refractivity (Wildman–Crippen MR) is 517 cm³/mol. The minimum Gasteiger partial charge on any atom is -0.381 e. The SMILES string of the molecule is CC(C)(C)C1C2CCC1COC2.CC(C)(C)C1CC2CCC(C1)O2.CC(C)(C)C1CC2CCC1O2.CC(C)(C)N1C2CCC1COC2.CC(C)(C)N1CC2CC(C2)C1.CC(C)(C)N1CC2CCC1CC2.CN1C2CCC1C(C(C)(C)C)C2.CN1C2CCC1CC(C(C)(C)C)C2.CN1CC2CCC(C1)C2C(C)(C)C.CN1CC2CCC1CC2C(C)(C)C. The summed E-state index contributed by atoms with van der Waals surface area (Å²) in [5, 5.41) is 0. The molecule has 5 saturated carbocycles. The summed E-state index contributed by atoms with van der Waals surface area (Å²) < 4.78 is 22.8. The zero-order valence-corrected chi connectivity index (χ0v) is 86.9. The van der Waals surface area contributed by atoms with Crippen molar-refractivity contribution in [2.24, 2.45) is 127 Å². The lowest BCUT2D eigenvalue weighted by molar-refractivity contribution is -0.0565. The Kier molecular flexibility index (Phi) is 33.6. The third-order valence-electron chi connectivity index (χ3n) is 36.7. The number of hydrogen-bond acceptors (Lipinski definition) is 11. The number of piperidine rings is 8. The molecule has 0 aromatic carbocycles. The molecule has 0 amide bonds. The van der Waals surface area contributed by atoms with Gasteiger partial charge in [-0.1, -0.05) is 145 Å². The normalized spacial score (nSPS) is 40.6. The molecular formula is C110H207N7O4. The van der Waals surface area contributed by atoms with Gasteiger partial charge in [0.05, 0.1) is 37.6 Å². The molecule has 121 heavy (non-hydrogen) atoms. The monoisotopic (exact) mass is 1690 g/mol. The number of ether oxygens (including phenoxy) is 4. The molecule has 18 aliphatic heterocycles. The molecule has 20 bridgehead atoms. The van der Waals surface area contributed by atoms with E-state index in [1.807, 2.05) is 0 Å². The van der Waals surface area contributed by atoms with E-state index in [-0.39, 0.29) is 0 Å². The first-order valence-electron chi connectivity index (χ1n) is 52.5. The summed E-state index contributed by atoms with van der Waals surface area (Å²) in [5.74, 6) is 14.3. The lowest BCUT2D eigenvalue weighted by atomic mass is 9.62. The second-order valence-corrected chi connectivity index (χ2v) is 56.0. The molecule has 19 unspecified atom stereocenters. The molecule has 0 N–H and O–H groups in total. The first kappa shape index (κ1) is 101. The standard InChI is InChI=1S/3C12H23N.2C11H21N.2C11H20O.C10H19NO.C10H19N.C10H18O/c1-12(2,3)9-7-10-5-6-11(8-9)13(10)4;1-12(2,3)11-7-10-6-5-9(11)8-13(10)4;1-12(2,3)11-9-5-6-10(11)8-13(4)7-9;1-11(2,3)9-7-8-5-6-10(9)12(8)4;1-11(2,3)12-8-9-4-6-10(12)7-5-9;1-11(2,3)8-6-9-4-5-10(7-8)12-9;1-11(2,3)10-8-4-5-9(10)7-12-6-8;1-10(2,3)11-8-4-5-9(11)7-12-6-8;1-10(2,3)11-6-8-4-9(5-8)7-11;1-10(2,3)8-6-7-4-5-9(8)11-7/h3*9-11H,5-8H2,1-4H3;8-10H,5-7H2,1-4H3;9-10H,4-8H2,1-3H3;2*8-10H,4-7H2,1-3H3;8-9H,4-7H2,1-3H3;8-9H,4-7H2,1-3H3;7-9H,4-6H2,1-3H3. The van der Waals surface area contributed by atoms with Gasteiger partial charge in [0.15, 0.2) is 0 Å². The van der Waals surface area contributed by atoms with E-state index in [2.05, 4.69) is 270 Å². The van der Waals surface area contributed by atoms with Gasteiger partial charge >= 0.3 is 0 Å². The van der Waals surface area contributed by atoms with Crippen LogP contribution in [0.2, 0.25) is 0 Å². The van der Waals surface area contributed by atoms with Crippen molar-refractivity contribution >= 4 is 0 Å². The van der Waals surface area contributed by atoms with Crippen molar-refractivity contribution in [3.63, 3.8) is 0 Å². The molecule has 23 fully saturated rings. The van der Waals surface area contributed by atoms with Crippen LogP contribution < -0.4 is 0 Å². The Hall–Kier alpha value is -0.440. The molecule has 0 radical (unpaired) electrons. The van der Waals surface area contributed by atoms with Crippen LogP contribution >= 0.6 is 0 Å². The third-order valence-corrected chi connectivity index (χ3v) is 36.7. The van der Waals surface area contributed by atoms with Gasteiger partial charge in [0.2, 0.25) is 0 Å². The zero-order chi connectivity index (χ0) is 89.0. The van der Waals surface area contributed by atoms with Crippen LogP contribution in [0.4, 0.5) is 0 Å². The second kappa shape index (κ2) is 40.2. The molecular weight excluding hydrogens is 1480 g/mol. The summed E-state index contributed by atoms with van der Waals surface area (Å²) in [4.78, 5) is 18.4. The highest BCUT2D eigenvalue weighted by Gasteiger charge is 2.53. The molecule has 18 saturated heterocycles. The Morgan fingerprint density at radius 1 is 0.256 bits per heavy atom. The van der Waals surface area contributed by atoms with Crippen molar-refractivity contribution in [3.05, 3.63) is 0 Å². The van der Waals surface area contributed by atoms with Gasteiger partial charge < -0.3 is 38.5 Å². The van der Waals surface area contributed by atoms with Crippen LogP contribution in [0.1, 0.15) is 394 Å². The van der Waals surface area contributed by atoms with Crippen LogP contribution in [0.5, 0.6) is 0 Å². The number of likely N-dealkylation sites (tertiary alicyclic amines) is 1. The van der Waals surface area contributed by atoms with Gasteiger partial charge in [0.25, 0.3) is 0 Å². The van der Waals surface area contributed by atoms with Gasteiger partial charge in [-0.05, 0) is 403 Å². The topological polar surface area (TPSA) is 59.6 Å². The molecule has 19 atom stereocenters. The molecule has 5 aliphatic carbocycles. The lowest BCUT2D eigenvalue weighted by Crippen LogP contribution is -2.56. The molecule has 23 rings (SSSR count). The van der Waals surface area contributed by atoms with E-state index in [1.165, 1.54) is 225 Å². The van der Waals surface area contributed by atoms with Crippen LogP contribution in [0.15, 0.2) is 0 Å². The van der Waals surface area contributed by atoms with E-state index >= 15 is 0 Å². The minimum atomic E-state index is 0.329. The molecule has 23 aliphatic rings. The maximum Gasteiger partial charge on any atom is 0.0622 e. The van der Waals surface area contributed by atoms with Crippen LogP contribution in [0.3, 0.4) is 0 Å². The molecule has 0 aromatic heterocycles. The number of rotatable bonds is 0. The molecule has 11 heteroatoms. The lowest BCUT2D eigenvalue weighted by Gasteiger charge is -2.52. The fraction of sp³-hybridized carbons (Fsp3) is 1.00. The average molecular weight is 1690 g/mol.